The van der Waals surface area contributed by atoms with Crippen LogP contribution in [-0.2, 0) is 47.6 Å². The summed E-state index contributed by atoms with van der Waals surface area (Å²) in [6.45, 7) is 26.2. The summed E-state index contributed by atoms with van der Waals surface area (Å²) in [4.78, 5) is 60.6. The van der Waals surface area contributed by atoms with E-state index < -0.39 is 51.1 Å². The lowest BCUT2D eigenvalue weighted by atomic mass is 9.84. The van der Waals surface area contributed by atoms with Crippen molar-refractivity contribution < 1.29 is 45.3 Å². The SMILES string of the molecule is CC1(C)c2ccc(-c3c4nc(c(-c5cccc6c5C(C)(C)N(O)C6(C)C)c5ccc([nH]5)c(-c5ccc(NCCCCC6CN(CC(=O)O)CCN(CC(=O)O)CCN6CC(=O)O)cc5)c5nc(c(-c6cccc7c6C(C)(C)N(O)C7(C)C)c6ccc3[nH]6)C=C5)C=C4)cc2C(C)(C)N1O. The van der Waals surface area contributed by atoms with E-state index in [1.807, 2.05) is 60.3 Å². The number of benzene rings is 4. The van der Waals surface area contributed by atoms with Gasteiger partial charge in [-0.3, -0.25) is 29.1 Å². The Balaban J connectivity index is 0.970. The van der Waals surface area contributed by atoms with E-state index in [-0.39, 0.29) is 25.7 Å². The topological polar surface area (TPSA) is 261 Å². The molecule has 98 heavy (non-hydrogen) atoms. The highest BCUT2D eigenvalue weighted by Crippen LogP contribution is 2.55. The molecule has 0 aliphatic carbocycles. The molecule has 0 amide bonds. The molecule has 9 N–H and O–H groups in total. The van der Waals surface area contributed by atoms with Crippen molar-refractivity contribution in [3.63, 3.8) is 0 Å². The summed E-state index contributed by atoms with van der Waals surface area (Å²) in [5.41, 5.74) is 15.5. The number of H-pyrrole nitrogens is 2. The van der Waals surface area contributed by atoms with Crippen LogP contribution < -0.4 is 5.32 Å². The molecule has 13 rings (SSSR count). The number of aliphatic carboxylic acids is 3. The monoisotopic (exact) mass is 1330 g/mol. The third-order valence-corrected chi connectivity index (χ3v) is 21.7. The Morgan fingerprint density at radius 3 is 1.39 bits per heavy atom. The van der Waals surface area contributed by atoms with Crippen molar-refractivity contribution in [1.82, 2.24) is 49.8 Å². The van der Waals surface area contributed by atoms with Crippen LogP contribution >= 0.6 is 0 Å². The van der Waals surface area contributed by atoms with Crippen LogP contribution in [0.4, 0.5) is 5.69 Å². The fourth-order valence-electron chi connectivity index (χ4n) is 16.9. The molecular weight excluding hydrogens is 1230 g/mol. The van der Waals surface area contributed by atoms with Gasteiger partial charge >= 0.3 is 17.9 Å². The maximum atomic E-state index is 12.2. The normalized spacial score (nSPS) is 20.2. The van der Waals surface area contributed by atoms with Crippen LogP contribution in [-0.4, -0.2) is 164 Å². The third kappa shape index (κ3) is 11.7. The van der Waals surface area contributed by atoms with Crippen LogP contribution in [0.5, 0.6) is 0 Å². The third-order valence-electron chi connectivity index (χ3n) is 21.7. The van der Waals surface area contributed by atoms with Gasteiger partial charge in [0.05, 0.1) is 75.6 Å². The number of rotatable bonds is 16. The highest BCUT2D eigenvalue weighted by molar-refractivity contribution is 6.01. The first kappa shape index (κ1) is 67.9. The Hall–Kier alpha value is -8.67. The van der Waals surface area contributed by atoms with Crippen LogP contribution in [0.25, 0.3) is 90.9 Å². The van der Waals surface area contributed by atoms with E-state index in [0.717, 1.165) is 124 Å². The molecule has 3 aromatic heterocycles. The van der Waals surface area contributed by atoms with Crippen molar-refractivity contribution in [2.75, 3.05) is 64.2 Å². The van der Waals surface area contributed by atoms with Crippen molar-refractivity contribution in [3.05, 3.63) is 159 Å². The van der Waals surface area contributed by atoms with Crippen LogP contribution in [0.1, 0.15) is 159 Å². The molecule has 9 heterocycles. The Morgan fingerprint density at radius 1 is 0.459 bits per heavy atom. The average Bonchev–Trinajstić information content (AvgIpc) is 1.57. The van der Waals surface area contributed by atoms with Gasteiger partial charge in [-0.15, -0.1) is 0 Å². The van der Waals surface area contributed by atoms with Gasteiger partial charge in [-0.2, -0.15) is 15.2 Å². The van der Waals surface area contributed by atoms with Crippen LogP contribution in [0.2, 0.25) is 0 Å². The number of fused-ring (bicyclic) bond motifs is 11. The number of hydrogen-bond acceptors (Lipinski definition) is 15. The molecule has 512 valence electrons. The number of nitrogens with zero attached hydrogens (tertiary/aromatic N) is 8. The summed E-state index contributed by atoms with van der Waals surface area (Å²) < 4.78 is 0. The number of anilines is 1. The molecule has 4 aromatic carbocycles. The zero-order valence-corrected chi connectivity index (χ0v) is 58.2. The molecule has 20 nitrogen and oxygen atoms in total. The van der Waals surface area contributed by atoms with E-state index in [4.69, 9.17) is 9.97 Å². The van der Waals surface area contributed by atoms with Gasteiger partial charge in [-0.05, 0) is 218 Å². The molecule has 1 fully saturated rings. The zero-order chi connectivity index (χ0) is 69.9. The summed E-state index contributed by atoms with van der Waals surface area (Å²) >= 11 is 0. The fourth-order valence-corrected chi connectivity index (χ4v) is 16.9. The highest BCUT2D eigenvalue weighted by Gasteiger charge is 2.53. The predicted octanol–water partition coefficient (Wildman–Crippen LogP) is 14.0. The summed E-state index contributed by atoms with van der Waals surface area (Å²) in [6.07, 6.45) is 10.4. The van der Waals surface area contributed by atoms with E-state index >= 15 is 0 Å². The second kappa shape index (κ2) is 24.9. The first-order chi connectivity index (χ1) is 46.3. The number of hydroxylamine groups is 6. The second-order valence-electron chi connectivity index (χ2n) is 30.3. The molecule has 1 atom stereocenters. The van der Waals surface area contributed by atoms with Crippen molar-refractivity contribution in [1.29, 1.82) is 0 Å². The van der Waals surface area contributed by atoms with Crippen molar-refractivity contribution in [2.45, 2.75) is 142 Å². The van der Waals surface area contributed by atoms with Gasteiger partial charge in [0, 0.05) is 95.3 Å². The van der Waals surface area contributed by atoms with Gasteiger partial charge in [-0.1, -0.05) is 67.1 Å². The van der Waals surface area contributed by atoms with Crippen molar-refractivity contribution in [3.8, 4) is 44.5 Å². The second-order valence-corrected chi connectivity index (χ2v) is 30.3. The summed E-state index contributed by atoms with van der Waals surface area (Å²) in [5.74, 6) is -3.00. The van der Waals surface area contributed by atoms with Crippen LogP contribution in [0.3, 0.4) is 0 Å². The van der Waals surface area contributed by atoms with Crippen LogP contribution in [0, 0.1) is 0 Å². The molecule has 6 aliphatic rings. The highest BCUT2D eigenvalue weighted by atomic mass is 16.5. The average molecular weight is 1330 g/mol. The number of carboxylic acids is 3. The van der Waals surface area contributed by atoms with Crippen molar-refractivity contribution in [2.24, 2.45) is 0 Å². The van der Waals surface area contributed by atoms with E-state index in [1.54, 1.807) is 9.80 Å². The molecule has 1 saturated heterocycles. The molecule has 0 radical (unpaired) electrons. The predicted molar refractivity (Wildman–Crippen MR) is 383 cm³/mol. The molecule has 20 heteroatoms. The fraction of sp³-hybridized carbons (Fsp3) is 0.397. The number of unbranched alkanes of at least 4 members (excludes halogenated alkanes) is 1. The molecule has 1 unspecified atom stereocenters. The number of carboxylic acid groups (broad SMARTS) is 3. The molecular formula is C78H91N11O9. The number of aromatic amines is 2. The Labute approximate surface area is 572 Å². The maximum absolute atomic E-state index is 12.2. The zero-order valence-electron chi connectivity index (χ0n) is 58.2. The van der Waals surface area contributed by atoms with E-state index in [2.05, 4.69) is 170 Å². The minimum absolute atomic E-state index is 0.220. The Kier molecular flexibility index (Phi) is 17.3. The van der Waals surface area contributed by atoms with Gasteiger partial charge in [0.15, 0.2) is 0 Å². The van der Waals surface area contributed by atoms with Gasteiger partial charge in [0.25, 0.3) is 0 Å². The standard InChI is InChI=1S/C78H91N11O9/c1-73(2)52-27-24-47(41-55(52)76(7,8)87(73)96)68-58-30-34-62(82-58)69(50-18-15-20-53-71(50)77(9,10)88(97)74(53,3)4)60-32-28-56(80-60)67(57-29-33-61(81-57)70(63-35-31-59(68)83-63)51-19-16-21-54-72(51)78(11,12)89(98)75(54,5)6)46-22-25-48(26-23-46)79-36-14-13-17-49-42-85(44-65(92)93)38-37-84(43-64(90)91)39-40-86(49)45-66(94)95/h15-16,18-35,41,49,79-80,83,96-98H,13-14,17,36-40,42-45H2,1-12H3,(H,90,91)(H,92,93)(H,94,95). The largest absolute Gasteiger partial charge is 0.480 e. The Bertz CT molecular complexity index is 4530. The summed E-state index contributed by atoms with van der Waals surface area (Å²) in [6, 6.07) is 35.6. The molecule has 0 spiro atoms. The minimum Gasteiger partial charge on any atom is -0.480 e. The maximum Gasteiger partial charge on any atom is 0.317 e. The number of nitrogens with one attached hydrogen (secondary N) is 3. The molecule has 6 aliphatic heterocycles. The van der Waals surface area contributed by atoms with Crippen molar-refractivity contribution >= 4 is 70.0 Å². The van der Waals surface area contributed by atoms with Gasteiger partial charge < -0.3 is 46.2 Å². The number of carbonyl (C=O) groups is 3. The minimum atomic E-state index is -1.00. The number of aromatic nitrogens is 4. The van der Waals surface area contributed by atoms with Gasteiger partial charge in [-0.25, -0.2) is 9.97 Å². The lowest BCUT2D eigenvalue weighted by Crippen LogP contribution is -2.47. The van der Waals surface area contributed by atoms with Gasteiger partial charge in [0.2, 0.25) is 0 Å². The quantitative estimate of drug-likeness (QED) is 0.0407. The smallest absolute Gasteiger partial charge is 0.317 e. The number of hydrogen-bond donors (Lipinski definition) is 9. The van der Waals surface area contributed by atoms with E-state index in [0.29, 0.717) is 62.8 Å². The Morgan fingerprint density at radius 2 is 0.878 bits per heavy atom. The summed E-state index contributed by atoms with van der Waals surface area (Å²) in [7, 11) is 0. The summed E-state index contributed by atoms with van der Waals surface area (Å²) in [5, 5.41) is 73.4. The molecule has 0 saturated carbocycles. The molecule has 8 bridgehead atoms. The first-order valence-corrected chi connectivity index (χ1v) is 34.1. The lowest BCUT2D eigenvalue weighted by molar-refractivity contribution is -0.216. The van der Waals surface area contributed by atoms with Gasteiger partial charge in [0.1, 0.15) is 0 Å². The molecule has 7 aromatic rings. The van der Waals surface area contributed by atoms with E-state index in [9.17, 15) is 45.3 Å². The van der Waals surface area contributed by atoms with Crippen LogP contribution in [0.15, 0.2) is 103 Å². The first-order valence-electron chi connectivity index (χ1n) is 34.1. The van der Waals surface area contributed by atoms with E-state index in [1.165, 1.54) is 15.2 Å². The lowest BCUT2D eigenvalue weighted by Gasteiger charge is -2.35.